The molecular formula is C14H29NO2. The van der Waals surface area contributed by atoms with Crippen molar-refractivity contribution in [1.82, 2.24) is 5.32 Å². The van der Waals surface area contributed by atoms with E-state index in [9.17, 15) is 0 Å². The monoisotopic (exact) mass is 243 g/mol. The van der Waals surface area contributed by atoms with Gasteiger partial charge < -0.3 is 14.8 Å². The summed E-state index contributed by atoms with van der Waals surface area (Å²) in [5.41, 5.74) is 0. The topological polar surface area (TPSA) is 30.5 Å². The molecular weight excluding hydrogens is 214 g/mol. The number of hydrogen-bond donors (Lipinski definition) is 1. The van der Waals surface area contributed by atoms with Crippen LogP contribution in [0.1, 0.15) is 52.4 Å². The summed E-state index contributed by atoms with van der Waals surface area (Å²) in [4.78, 5) is 0. The van der Waals surface area contributed by atoms with Gasteiger partial charge >= 0.3 is 0 Å². The standard InChI is InChI=1S/C14H29NO2/c1-3-10-16-12-9-13(15-4-2)7-8-14-6-5-11-17-14/h13-15H,3-12H2,1-2H3. The third-order valence-corrected chi connectivity index (χ3v) is 3.31. The minimum Gasteiger partial charge on any atom is -0.381 e. The van der Waals surface area contributed by atoms with E-state index in [2.05, 4.69) is 19.2 Å². The van der Waals surface area contributed by atoms with Gasteiger partial charge in [0.15, 0.2) is 0 Å². The quantitative estimate of drug-likeness (QED) is 0.598. The predicted molar refractivity (Wildman–Crippen MR) is 71.4 cm³/mol. The largest absolute Gasteiger partial charge is 0.381 e. The van der Waals surface area contributed by atoms with Crippen LogP contribution in [0, 0.1) is 0 Å². The fraction of sp³-hybridized carbons (Fsp3) is 1.00. The Morgan fingerprint density at radius 3 is 2.82 bits per heavy atom. The van der Waals surface area contributed by atoms with E-state index in [-0.39, 0.29) is 0 Å². The van der Waals surface area contributed by atoms with Gasteiger partial charge in [0.05, 0.1) is 6.10 Å². The van der Waals surface area contributed by atoms with E-state index in [0.717, 1.165) is 39.2 Å². The third-order valence-electron chi connectivity index (χ3n) is 3.31. The molecule has 1 rings (SSSR count). The maximum atomic E-state index is 5.67. The number of ether oxygens (including phenoxy) is 2. The van der Waals surface area contributed by atoms with Crippen molar-refractivity contribution in [2.75, 3.05) is 26.4 Å². The molecule has 1 N–H and O–H groups in total. The molecule has 2 unspecified atom stereocenters. The van der Waals surface area contributed by atoms with E-state index in [1.165, 1.54) is 25.7 Å². The Hall–Kier alpha value is -0.120. The van der Waals surface area contributed by atoms with Gasteiger partial charge in [0, 0.05) is 25.9 Å². The molecule has 102 valence electrons. The molecule has 0 spiro atoms. The van der Waals surface area contributed by atoms with E-state index >= 15 is 0 Å². The fourth-order valence-electron chi connectivity index (χ4n) is 2.37. The Balaban J connectivity index is 2.08. The molecule has 17 heavy (non-hydrogen) atoms. The lowest BCUT2D eigenvalue weighted by Gasteiger charge is -2.19. The summed E-state index contributed by atoms with van der Waals surface area (Å²) in [6.07, 6.45) is 7.68. The Morgan fingerprint density at radius 1 is 1.29 bits per heavy atom. The highest BCUT2D eigenvalue weighted by Crippen LogP contribution is 2.18. The Kier molecular flexibility index (Phi) is 8.67. The van der Waals surface area contributed by atoms with Crippen molar-refractivity contribution in [3.63, 3.8) is 0 Å². The van der Waals surface area contributed by atoms with Gasteiger partial charge in [-0.2, -0.15) is 0 Å². The second-order valence-corrected chi connectivity index (χ2v) is 4.87. The van der Waals surface area contributed by atoms with Gasteiger partial charge in [0.1, 0.15) is 0 Å². The van der Waals surface area contributed by atoms with E-state index < -0.39 is 0 Å². The van der Waals surface area contributed by atoms with Gasteiger partial charge in [0.2, 0.25) is 0 Å². The molecule has 0 aromatic heterocycles. The van der Waals surface area contributed by atoms with Crippen molar-refractivity contribution in [2.24, 2.45) is 0 Å². The van der Waals surface area contributed by atoms with Crippen LogP contribution in [-0.4, -0.2) is 38.5 Å². The first-order chi connectivity index (χ1) is 8.36. The lowest BCUT2D eigenvalue weighted by molar-refractivity contribution is 0.0940. The molecule has 0 aliphatic carbocycles. The van der Waals surface area contributed by atoms with Crippen LogP contribution in [0.4, 0.5) is 0 Å². The Morgan fingerprint density at radius 2 is 2.18 bits per heavy atom. The van der Waals surface area contributed by atoms with Crippen LogP contribution in [-0.2, 0) is 9.47 Å². The first-order valence-electron chi connectivity index (χ1n) is 7.29. The van der Waals surface area contributed by atoms with Crippen molar-refractivity contribution in [3.05, 3.63) is 0 Å². The van der Waals surface area contributed by atoms with Crippen LogP contribution >= 0.6 is 0 Å². The number of nitrogens with one attached hydrogen (secondary N) is 1. The molecule has 3 heteroatoms. The van der Waals surface area contributed by atoms with E-state index in [1.807, 2.05) is 0 Å². The van der Waals surface area contributed by atoms with Gasteiger partial charge in [-0.1, -0.05) is 13.8 Å². The molecule has 2 atom stereocenters. The van der Waals surface area contributed by atoms with Gasteiger partial charge in [-0.25, -0.2) is 0 Å². The summed E-state index contributed by atoms with van der Waals surface area (Å²) in [5, 5.41) is 3.55. The fourth-order valence-corrected chi connectivity index (χ4v) is 2.37. The summed E-state index contributed by atoms with van der Waals surface area (Å²) >= 11 is 0. The van der Waals surface area contributed by atoms with Crippen LogP contribution in [0.3, 0.4) is 0 Å². The summed E-state index contributed by atoms with van der Waals surface area (Å²) < 4.78 is 11.2. The van der Waals surface area contributed by atoms with Crippen molar-refractivity contribution < 1.29 is 9.47 Å². The summed E-state index contributed by atoms with van der Waals surface area (Å²) in [6.45, 7) is 8.12. The zero-order valence-corrected chi connectivity index (χ0v) is 11.5. The van der Waals surface area contributed by atoms with Crippen molar-refractivity contribution in [1.29, 1.82) is 0 Å². The van der Waals surface area contributed by atoms with Crippen LogP contribution in [0.25, 0.3) is 0 Å². The lowest BCUT2D eigenvalue weighted by atomic mass is 10.0. The molecule has 0 saturated carbocycles. The minimum absolute atomic E-state index is 0.521. The lowest BCUT2D eigenvalue weighted by Crippen LogP contribution is -2.31. The molecule has 0 aromatic rings. The molecule has 0 radical (unpaired) electrons. The SMILES string of the molecule is CCCOCCC(CCC1CCCO1)NCC. The highest BCUT2D eigenvalue weighted by molar-refractivity contribution is 4.71. The average Bonchev–Trinajstić information content (AvgIpc) is 2.84. The molecule has 1 aliphatic heterocycles. The van der Waals surface area contributed by atoms with E-state index in [0.29, 0.717) is 12.1 Å². The van der Waals surface area contributed by atoms with Gasteiger partial charge in [-0.05, 0) is 45.1 Å². The second-order valence-electron chi connectivity index (χ2n) is 4.87. The molecule has 1 fully saturated rings. The van der Waals surface area contributed by atoms with Crippen molar-refractivity contribution >= 4 is 0 Å². The molecule has 0 amide bonds. The molecule has 1 heterocycles. The highest BCUT2D eigenvalue weighted by atomic mass is 16.5. The smallest absolute Gasteiger partial charge is 0.0576 e. The van der Waals surface area contributed by atoms with Crippen LogP contribution in [0.15, 0.2) is 0 Å². The first kappa shape index (κ1) is 14.9. The average molecular weight is 243 g/mol. The minimum atomic E-state index is 0.521. The van der Waals surface area contributed by atoms with Crippen LogP contribution < -0.4 is 5.32 Å². The molecule has 0 aromatic carbocycles. The van der Waals surface area contributed by atoms with E-state index in [1.54, 1.807) is 0 Å². The summed E-state index contributed by atoms with van der Waals surface area (Å²) in [5.74, 6) is 0. The molecule has 1 aliphatic rings. The third kappa shape index (κ3) is 7.02. The maximum absolute atomic E-state index is 5.67. The van der Waals surface area contributed by atoms with E-state index in [4.69, 9.17) is 9.47 Å². The van der Waals surface area contributed by atoms with Gasteiger partial charge in [-0.3, -0.25) is 0 Å². The normalized spacial score (nSPS) is 21.9. The molecule has 3 nitrogen and oxygen atoms in total. The van der Waals surface area contributed by atoms with Crippen LogP contribution in [0.5, 0.6) is 0 Å². The van der Waals surface area contributed by atoms with Crippen LogP contribution in [0.2, 0.25) is 0 Å². The van der Waals surface area contributed by atoms with Gasteiger partial charge in [-0.15, -0.1) is 0 Å². The van der Waals surface area contributed by atoms with Gasteiger partial charge in [0.25, 0.3) is 0 Å². The molecule has 0 bridgehead atoms. The Bertz CT molecular complexity index is 170. The number of hydrogen-bond acceptors (Lipinski definition) is 3. The zero-order chi connectivity index (χ0) is 12.3. The predicted octanol–water partition coefficient (Wildman–Crippen LogP) is 2.74. The Labute approximate surface area is 106 Å². The van der Waals surface area contributed by atoms with Crippen molar-refractivity contribution in [3.8, 4) is 0 Å². The highest BCUT2D eigenvalue weighted by Gasteiger charge is 2.17. The summed E-state index contributed by atoms with van der Waals surface area (Å²) in [7, 11) is 0. The molecule has 1 saturated heterocycles. The maximum Gasteiger partial charge on any atom is 0.0576 e. The summed E-state index contributed by atoms with van der Waals surface area (Å²) in [6, 6.07) is 0.598. The second kappa shape index (κ2) is 9.86. The first-order valence-corrected chi connectivity index (χ1v) is 7.29. The van der Waals surface area contributed by atoms with Crippen molar-refractivity contribution in [2.45, 2.75) is 64.5 Å². The number of rotatable bonds is 10. The zero-order valence-electron chi connectivity index (χ0n) is 11.5.